The Kier molecular flexibility index (Phi) is 9.01. The van der Waals surface area contributed by atoms with Crippen molar-refractivity contribution in [1.82, 2.24) is 0 Å². The van der Waals surface area contributed by atoms with E-state index in [1.165, 1.54) is 22.3 Å². The van der Waals surface area contributed by atoms with Crippen LogP contribution in [0.25, 0.3) is 0 Å². The van der Waals surface area contributed by atoms with Gasteiger partial charge in [-0.3, -0.25) is 9.59 Å². The van der Waals surface area contributed by atoms with E-state index in [-0.39, 0.29) is 12.3 Å². The van der Waals surface area contributed by atoms with Crippen molar-refractivity contribution >= 4 is 11.9 Å². The molecule has 2 rings (SSSR count). The normalized spacial score (nSPS) is 9.84. The highest BCUT2D eigenvalue weighted by molar-refractivity contribution is 5.74. The van der Waals surface area contributed by atoms with Crippen molar-refractivity contribution in [3.63, 3.8) is 0 Å². The topological polar surface area (TPSA) is 80.4 Å². The van der Waals surface area contributed by atoms with Crippen LogP contribution in [-0.4, -0.2) is 17.0 Å². The standard InChI is InChI=1S/C18H21NO.C3H6O2/c1-2-14-10-16(8-9-18(19)20)13-17(11-14)12-15-6-4-3-5-7-15;1-2-3(4)5/h3-7,10-11,13H,2,8-9,12H2,1H3,(H2,19,20);2H2,1H3,(H,4,5). The van der Waals surface area contributed by atoms with E-state index < -0.39 is 5.97 Å². The quantitative estimate of drug-likeness (QED) is 0.805. The number of hydrogen-bond donors (Lipinski definition) is 2. The summed E-state index contributed by atoms with van der Waals surface area (Å²) in [6.07, 6.45) is 3.30. The number of aryl methyl sites for hydroxylation is 2. The van der Waals surface area contributed by atoms with Crippen molar-refractivity contribution in [3.05, 3.63) is 70.8 Å². The predicted molar refractivity (Wildman–Crippen MR) is 101 cm³/mol. The SMILES string of the molecule is CCC(=O)O.CCc1cc(CCC(N)=O)cc(Cc2ccccc2)c1. The molecule has 2 aromatic rings. The first-order valence-electron chi connectivity index (χ1n) is 8.60. The Morgan fingerprint density at radius 1 is 0.920 bits per heavy atom. The summed E-state index contributed by atoms with van der Waals surface area (Å²) in [5.74, 6) is -0.985. The number of carbonyl (C=O) groups is 2. The number of benzene rings is 2. The Morgan fingerprint density at radius 2 is 1.48 bits per heavy atom. The highest BCUT2D eigenvalue weighted by Crippen LogP contribution is 2.16. The summed E-state index contributed by atoms with van der Waals surface area (Å²) in [4.78, 5) is 20.3. The van der Waals surface area contributed by atoms with Crippen LogP contribution in [0, 0.1) is 0 Å². The van der Waals surface area contributed by atoms with Gasteiger partial charge in [0.1, 0.15) is 0 Å². The number of primary amides is 1. The number of carbonyl (C=O) groups excluding carboxylic acids is 1. The van der Waals surface area contributed by atoms with Gasteiger partial charge in [-0.05, 0) is 41.5 Å². The molecule has 0 spiro atoms. The predicted octanol–water partition coefficient (Wildman–Crippen LogP) is 3.74. The van der Waals surface area contributed by atoms with Crippen LogP contribution in [0.15, 0.2) is 48.5 Å². The van der Waals surface area contributed by atoms with Crippen molar-refractivity contribution in [1.29, 1.82) is 0 Å². The Morgan fingerprint density at radius 3 is 2.00 bits per heavy atom. The van der Waals surface area contributed by atoms with E-state index in [9.17, 15) is 9.59 Å². The molecule has 0 saturated carbocycles. The number of hydrogen-bond acceptors (Lipinski definition) is 2. The van der Waals surface area contributed by atoms with Gasteiger partial charge in [-0.1, -0.05) is 62.4 Å². The zero-order valence-corrected chi connectivity index (χ0v) is 15.0. The van der Waals surface area contributed by atoms with Crippen LogP contribution in [-0.2, 0) is 28.9 Å². The molecule has 0 saturated heterocycles. The maximum Gasteiger partial charge on any atom is 0.303 e. The highest BCUT2D eigenvalue weighted by Gasteiger charge is 2.03. The van der Waals surface area contributed by atoms with Crippen LogP contribution in [0.4, 0.5) is 0 Å². The largest absolute Gasteiger partial charge is 0.481 e. The lowest BCUT2D eigenvalue weighted by atomic mass is 9.97. The van der Waals surface area contributed by atoms with Gasteiger partial charge in [0.15, 0.2) is 0 Å². The van der Waals surface area contributed by atoms with Gasteiger partial charge in [-0.25, -0.2) is 0 Å². The Balaban J connectivity index is 0.000000550. The molecule has 25 heavy (non-hydrogen) atoms. The van der Waals surface area contributed by atoms with Gasteiger partial charge in [0.2, 0.25) is 5.91 Å². The molecule has 1 amide bonds. The summed E-state index contributed by atoms with van der Waals surface area (Å²) in [6.45, 7) is 3.75. The molecule has 4 nitrogen and oxygen atoms in total. The molecule has 4 heteroatoms. The third-order valence-corrected chi connectivity index (χ3v) is 3.73. The molecular formula is C21H27NO3. The third-order valence-electron chi connectivity index (χ3n) is 3.73. The van der Waals surface area contributed by atoms with Crippen molar-refractivity contribution in [2.24, 2.45) is 5.73 Å². The van der Waals surface area contributed by atoms with Crippen LogP contribution in [0.1, 0.15) is 48.9 Å². The molecule has 0 aromatic heterocycles. The fourth-order valence-electron chi connectivity index (χ4n) is 2.39. The summed E-state index contributed by atoms with van der Waals surface area (Å²) in [5, 5.41) is 7.72. The van der Waals surface area contributed by atoms with E-state index in [1.54, 1.807) is 6.92 Å². The summed E-state index contributed by atoms with van der Waals surface area (Å²) >= 11 is 0. The first-order chi connectivity index (χ1) is 11.9. The summed E-state index contributed by atoms with van der Waals surface area (Å²) in [6, 6.07) is 17.1. The van der Waals surface area contributed by atoms with Gasteiger partial charge in [0.05, 0.1) is 0 Å². The monoisotopic (exact) mass is 341 g/mol. The van der Waals surface area contributed by atoms with E-state index in [0.29, 0.717) is 6.42 Å². The fraction of sp³-hybridized carbons (Fsp3) is 0.333. The minimum Gasteiger partial charge on any atom is -0.481 e. The fourth-order valence-corrected chi connectivity index (χ4v) is 2.39. The minimum atomic E-state index is -0.745. The second kappa shape index (κ2) is 11.0. The lowest BCUT2D eigenvalue weighted by Gasteiger charge is -2.09. The zero-order chi connectivity index (χ0) is 18.7. The lowest BCUT2D eigenvalue weighted by Crippen LogP contribution is -2.11. The molecule has 0 aliphatic rings. The van der Waals surface area contributed by atoms with Gasteiger partial charge < -0.3 is 10.8 Å². The van der Waals surface area contributed by atoms with E-state index in [2.05, 4.69) is 49.4 Å². The van der Waals surface area contributed by atoms with E-state index in [1.807, 2.05) is 6.07 Å². The number of amides is 1. The van der Waals surface area contributed by atoms with Crippen LogP contribution in [0.5, 0.6) is 0 Å². The Bertz CT molecular complexity index is 681. The van der Waals surface area contributed by atoms with Crippen molar-refractivity contribution in [2.75, 3.05) is 0 Å². The van der Waals surface area contributed by atoms with Crippen LogP contribution in [0.3, 0.4) is 0 Å². The van der Waals surface area contributed by atoms with E-state index in [4.69, 9.17) is 10.8 Å². The van der Waals surface area contributed by atoms with Crippen LogP contribution >= 0.6 is 0 Å². The number of aliphatic carboxylic acids is 1. The summed E-state index contributed by atoms with van der Waals surface area (Å²) < 4.78 is 0. The maximum atomic E-state index is 10.9. The molecule has 134 valence electrons. The van der Waals surface area contributed by atoms with Gasteiger partial charge in [-0.2, -0.15) is 0 Å². The van der Waals surface area contributed by atoms with Gasteiger partial charge in [-0.15, -0.1) is 0 Å². The summed E-state index contributed by atoms with van der Waals surface area (Å²) in [7, 11) is 0. The zero-order valence-electron chi connectivity index (χ0n) is 15.0. The molecule has 0 unspecified atom stereocenters. The van der Waals surface area contributed by atoms with Gasteiger partial charge in [0.25, 0.3) is 0 Å². The number of carboxylic acid groups (broad SMARTS) is 1. The van der Waals surface area contributed by atoms with Crippen LogP contribution < -0.4 is 5.73 Å². The Labute approximate surface area is 149 Å². The molecule has 0 heterocycles. The molecule has 3 N–H and O–H groups in total. The molecule has 0 atom stereocenters. The van der Waals surface area contributed by atoms with E-state index >= 15 is 0 Å². The highest BCUT2D eigenvalue weighted by atomic mass is 16.4. The first kappa shape index (κ1) is 20.4. The molecule has 0 radical (unpaired) electrons. The van der Waals surface area contributed by atoms with Crippen molar-refractivity contribution in [3.8, 4) is 0 Å². The molecule has 0 aliphatic heterocycles. The summed E-state index contributed by atoms with van der Waals surface area (Å²) in [5.41, 5.74) is 10.4. The molecule has 0 bridgehead atoms. The van der Waals surface area contributed by atoms with Crippen molar-refractivity contribution < 1.29 is 14.7 Å². The average molecular weight is 341 g/mol. The van der Waals surface area contributed by atoms with E-state index in [0.717, 1.165) is 19.3 Å². The number of nitrogens with two attached hydrogens (primary N) is 1. The second-order valence-electron chi connectivity index (χ2n) is 5.89. The van der Waals surface area contributed by atoms with Gasteiger partial charge in [0, 0.05) is 12.8 Å². The third kappa shape index (κ3) is 8.70. The second-order valence-corrected chi connectivity index (χ2v) is 5.89. The Hall–Kier alpha value is -2.62. The number of rotatable bonds is 7. The van der Waals surface area contributed by atoms with Crippen LogP contribution in [0.2, 0.25) is 0 Å². The molecule has 0 aliphatic carbocycles. The number of carboxylic acids is 1. The van der Waals surface area contributed by atoms with Gasteiger partial charge >= 0.3 is 5.97 Å². The molecule has 2 aromatic carbocycles. The maximum absolute atomic E-state index is 10.9. The minimum absolute atomic E-state index is 0.222. The molecule has 0 fully saturated rings. The molecular weight excluding hydrogens is 314 g/mol. The first-order valence-corrected chi connectivity index (χ1v) is 8.60. The van der Waals surface area contributed by atoms with Crippen molar-refractivity contribution in [2.45, 2.75) is 46.0 Å². The smallest absolute Gasteiger partial charge is 0.303 e. The average Bonchev–Trinajstić information content (AvgIpc) is 2.61. The lowest BCUT2D eigenvalue weighted by molar-refractivity contribution is -0.136.